The summed E-state index contributed by atoms with van der Waals surface area (Å²) in [6.07, 6.45) is 3.06. The van der Waals surface area contributed by atoms with Crippen LogP contribution in [0, 0.1) is 6.92 Å². The fraction of sp³-hybridized carbons (Fsp3) is 0.429. The second kappa shape index (κ2) is 9.29. The number of pyridine rings is 1. The summed E-state index contributed by atoms with van der Waals surface area (Å²) in [6, 6.07) is 3.97. The highest BCUT2D eigenvalue weighted by molar-refractivity contribution is 7.14. The molecule has 0 saturated carbocycles. The lowest BCUT2D eigenvalue weighted by molar-refractivity contribution is 0.0237. The van der Waals surface area contributed by atoms with Gasteiger partial charge in [0.15, 0.2) is 11.1 Å². The van der Waals surface area contributed by atoms with Crippen molar-refractivity contribution in [3.05, 3.63) is 28.6 Å². The lowest BCUT2D eigenvalue weighted by atomic mass is 10.1. The number of aromatic nitrogens is 3. The average Bonchev–Trinajstić information content (AvgIpc) is 3.45. The summed E-state index contributed by atoms with van der Waals surface area (Å²) in [6.45, 7) is 5.28. The van der Waals surface area contributed by atoms with Crippen molar-refractivity contribution >= 4 is 33.8 Å². The molecule has 2 aliphatic rings. The van der Waals surface area contributed by atoms with Gasteiger partial charge in [0.05, 0.1) is 18.9 Å². The standard InChI is InChI=1S/C21H24N6O2S2/c1-13-15(3-4-18(24-13)29-14-5-9-28-10-6-14)19-25-16(11-30-19)17-12-31-21(26-17)27-20-22-7-2-8-23-20/h3-4,11-12,14H,2,5-10H2,1H3,(H2,22,23,26,27). The minimum absolute atomic E-state index is 0.181. The quantitative estimate of drug-likeness (QED) is 0.600. The molecular formula is C21H24N6O2S2. The van der Waals surface area contributed by atoms with Gasteiger partial charge in [0.2, 0.25) is 5.88 Å². The van der Waals surface area contributed by atoms with E-state index in [2.05, 4.69) is 25.6 Å². The number of rotatable bonds is 5. The molecule has 0 unspecified atom stereocenters. The van der Waals surface area contributed by atoms with Gasteiger partial charge in [0.1, 0.15) is 22.5 Å². The first-order chi connectivity index (χ1) is 15.2. The van der Waals surface area contributed by atoms with Crippen LogP contribution in [0.4, 0.5) is 5.13 Å². The SMILES string of the molecule is Cc1nc(OC2CCOCC2)ccc1-c1nc(-c2csc(NC3=NCCCN3)n2)cs1. The van der Waals surface area contributed by atoms with E-state index >= 15 is 0 Å². The van der Waals surface area contributed by atoms with Crippen molar-refractivity contribution in [1.29, 1.82) is 0 Å². The zero-order chi connectivity index (χ0) is 21.0. The van der Waals surface area contributed by atoms with Crippen molar-refractivity contribution in [2.24, 2.45) is 4.99 Å². The zero-order valence-electron chi connectivity index (χ0n) is 17.3. The molecule has 3 aromatic heterocycles. The van der Waals surface area contributed by atoms with Crippen LogP contribution in [0.1, 0.15) is 25.0 Å². The van der Waals surface area contributed by atoms with Crippen molar-refractivity contribution in [2.75, 3.05) is 31.6 Å². The van der Waals surface area contributed by atoms with Crippen molar-refractivity contribution in [2.45, 2.75) is 32.3 Å². The number of aliphatic imine (C=N–C) groups is 1. The normalized spacial score (nSPS) is 17.1. The number of hydrogen-bond acceptors (Lipinski definition) is 10. The van der Waals surface area contributed by atoms with Gasteiger partial charge >= 0.3 is 0 Å². The molecule has 0 aliphatic carbocycles. The van der Waals surface area contributed by atoms with Crippen LogP contribution in [0.25, 0.3) is 22.0 Å². The van der Waals surface area contributed by atoms with Gasteiger partial charge in [-0.25, -0.2) is 15.0 Å². The van der Waals surface area contributed by atoms with Crippen molar-refractivity contribution in [3.8, 4) is 27.8 Å². The fourth-order valence-corrected chi connectivity index (χ4v) is 5.07. The van der Waals surface area contributed by atoms with E-state index in [0.717, 1.165) is 84.3 Å². The molecule has 0 atom stereocenters. The third-order valence-electron chi connectivity index (χ3n) is 5.14. The Morgan fingerprint density at radius 1 is 1.10 bits per heavy atom. The van der Waals surface area contributed by atoms with E-state index in [1.54, 1.807) is 22.7 Å². The maximum absolute atomic E-state index is 6.03. The predicted molar refractivity (Wildman–Crippen MR) is 124 cm³/mol. The average molecular weight is 457 g/mol. The fourth-order valence-electron chi connectivity index (χ4n) is 3.48. The molecule has 2 aliphatic heterocycles. The van der Waals surface area contributed by atoms with E-state index in [-0.39, 0.29) is 6.10 Å². The molecule has 0 spiro atoms. The highest BCUT2D eigenvalue weighted by atomic mass is 32.1. The summed E-state index contributed by atoms with van der Waals surface area (Å²) < 4.78 is 11.4. The Balaban J connectivity index is 1.28. The molecule has 0 amide bonds. The first kappa shape index (κ1) is 20.3. The van der Waals surface area contributed by atoms with Crippen LogP contribution >= 0.6 is 22.7 Å². The van der Waals surface area contributed by atoms with E-state index in [1.165, 1.54) is 0 Å². The summed E-state index contributed by atoms with van der Waals surface area (Å²) >= 11 is 3.15. The number of anilines is 1. The van der Waals surface area contributed by atoms with Crippen LogP contribution in [0.5, 0.6) is 5.88 Å². The maximum atomic E-state index is 6.03. The highest BCUT2D eigenvalue weighted by Crippen LogP contribution is 2.32. The molecule has 3 aromatic rings. The second-order valence-electron chi connectivity index (χ2n) is 7.42. The van der Waals surface area contributed by atoms with Crippen molar-refractivity contribution in [3.63, 3.8) is 0 Å². The van der Waals surface area contributed by atoms with E-state index < -0.39 is 0 Å². The van der Waals surface area contributed by atoms with Gasteiger partial charge in [-0.15, -0.1) is 22.7 Å². The Morgan fingerprint density at radius 3 is 2.74 bits per heavy atom. The molecule has 0 bridgehead atoms. The van der Waals surface area contributed by atoms with E-state index in [9.17, 15) is 0 Å². The number of nitrogens with one attached hydrogen (secondary N) is 2. The lowest BCUT2D eigenvalue weighted by Gasteiger charge is -2.22. The number of hydrogen-bond donors (Lipinski definition) is 2. The summed E-state index contributed by atoms with van der Waals surface area (Å²) in [5.41, 5.74) is 3.65. The number of guanidine groups is 1. The first-order valence-corrected chi connectivity index (χ1v) is 12.2. The minimum atomic E-state index is 0.181. The molecule has 1 saturated heterocycles. The van der Waals surface area contributed by atoms with E-state index in [0.29, 0.717) is 5.88 Å². The van der Waals surface area contributed by atoms with Crippen molar-refractivity contribution in [1.82, 2.24) is 20.3 Å². The number of ether oxygens (including phenoxy) is 2. The summed E-state index contributed by atoms with van der Waals surface area (Å²) in [7, 11) is 0. The molecule has 8 nitrogen and oxygen atoms in total. The van der Waals surface area contributed by atoms with Gasteiger partial charge in [-0.05, 0) is 19.4 Å². The zero-order valence-corrected chi connectivity index (χ0v) is 18.9. The van der Waals surface area contributed by atoms with Gasteiger partial charge in [-0.1, -0.05) is 0 Å². The Hall–Kier alpha value is -2.56. The van der Waals surface area contributed by atoms with Gasteiger partial charge in [0.25, 0.3) is 0 Å². The van der Waals surface area contributed by atoms with Crippen LogP contribution in [-0.2, 0) is 4.74 Å². The third-order valence-corrected chi connectivity index (χ3v) is 6.77. The summed E-state index contributed by atoms with van der Waals surface area (Å²) in [5, 5.41) is 12.3. The Labute approximate surface area is 188 Å². The molecule has 162 valence electrons. The lowest BCUT2D eigenvalue weighted by Crippen LogP contribution is -2.35. The molecule has 5 heterocycles. The molecule has 0 radical (unpaired) electrons. The predicted octanol–water partition coefficient (Wildman–Crippen LogP) is 3.96. The molecule has 31 heavy (non-hydrogen) atoms. The molecule has 1 fully saturated rings. The van der Waals surface area contributed by atoms with Gasteiger partial charge in [0, 0.05) is 48.3 Å². The van der Waals surface area contributed by atoms with Gasteiger partial charge in [-0.3, -0.25) is 4.99 Å². The third kappa shape index (κ3) is 4.86. The Bertz CT molecular complexity index is 1070. The van der Waals surface area contributed by atoms with Gasteiger partial charge in [-0.2, -0.15) is 0 Å². The summed E-state index contributed by atoms with van der Waals surface area (Å²) in [4.78, 5) is 18.6. The van der Waals surface area contributed by atoms with Crippen molar-refractivity contribution < 1.29 is 9.47 Å². The molecule has 5 rings (SSSR count). The molecule has 10 heteroatoms. The maximum Gasteiger partial charge on any atom is 0.213 e. The first-order valence-electron chi connectivity index (χ1n) is 10.4. The number of thiazole rings is 2. The Morgan fingerprint density at radius 2 is 1.94 bits per heavy atom. The second-order valence-corrected chi connectivity index (χ2v) is 9.14. The van der Waals surface area contributed by atoms with Crippen LogP contribution in [0.3, 0.4) is 0 Å². The largest absolute Gasteiger partial charge is 0.474 e. The van der Waals surface area contributed by atoms with E-state index in [4.69, 9.17) is 14.5 Å². The Kier molecular flexibility index (Phi) is 6.10. The molecule has 2 N–H and O–H groups in total. The monoisotopic (exact) mass is 456 g/mol. The molecule has 0 aromatic carbocycles. The topological polar surface area (TPSA) is 93.5 Å². The number of aryl methyl sites for hydroxylation is 1. The number of nitrogens with zero attached hydrogens (tertiary/aromatic N) is 4. The minimum Gasteiger partial charge on any atom is -0.474 e. The summed E-state index contributed by atoms with van der Waals surface area (Å²) in [5.74, 6) is 1.45. The highest BCUT2D eigenvalue weighted by Gasteiger charge is 2.18. The van der Waals surface area contributed by atoms with E-state index in [1.807, 2.05) is 29.8 Å². The molecular weight excluding hydrogens is 432 g/mol. The van der Waals surface area contributed by atoms with Gasteiger partial charge < -0.3 is 20.1 Å². The van der Waals surface area contributed by atoms with Crippen LogP contribution in [-0.4, -0.2) is 53.3 Å². The smallest absolute Gasteiger partial charge is 0.213 e. The van der Waals surface area contributed by atoms with Crippen LogP contribution in [0.15, 0.2) is 27.9 Å². The van der Waals surface area contributed by atoms with Crippen LogP contribution in [0.2, 0.25) is 0 Å². The van der Waals surface area contributed by atoms with Crippen LogP contribution < -0.4 is 15.4 Å².